The zero-order valence-corrected chi connectivity index (χ0v) is 17.2. The van der Waals surface area contributed by atoms with E-state index in [0.717, 1.165) is 30.5 Å². The summed E-state index contributed by atoms with van der Waals surface area (Å²) in [6.07, 6.45) is 4.34. The Bertz CT molecular complexity index is 885. The van der Waals surface area contributed by atoms with Gasteiger partial charge in [-0.3, -0.25) is 0 Å². The molecule has 2 aromatic rings. The molecule has 2 aromatic carbocycles. The van der Waals surface area contributed by atoms with Gasteiger partial charge in [-0.1, -0.05) is 44.2 Å². The van der Waals surface area contributed by atoms with Crippen LogP contribution in [0.3, 0.4) is 0 Å². The molecule has 0 bridgehead atoms. The molecule has 2 heteroatoms. The van der Waals surface area contributed by atoms with Gasteiger partial charge in [0, 0.05) is 17.8 Å². The second-order valence-corrected chi connectivity index (χ2v) is 8.37. The van der Waals surface area contributed by atoms with Crippen molar-refractivity contribution in [2.45, 2.75) is 58.9 Å². The van der Waals surface area contributed by atoms with E-state index in [9.17, 15) is 5.26 Å². The third-order valence-electron chi connectivity index (χ3n) is 5.73. The molecule has 0 amide bonds. The van der Waals surface area contributed by atoms with Gasteiger partial charge in [-0.25, -0.2) is 0 Å². The lowest BCUT2D eigenvalue weighted by Gasteiger charge is -2.48. The number of nitriles is 1. The molecule has 1 atom stereocenters. The van der Waals surface area contributed by atoms with Crippen molar-refractivity contribution < 1.29 is 0 Å². The Morgan fingerprint density at radius 2 is 1.96 bits per heavy atom. The highest BCUT2D eigenvalue weighted by Gasteiger charge is 2.36. The van der Waals surface area contributed by atoms with Crippen molar-refractivity contribution in [2.24, 2.45) is 0 Å². The van der Waals surface area contributed by atoms with Gasteiger partial charge in [-0.2, -0.15) is 5.26 Å². The number of rotatable bonds is 4. The van der Waals surface area contributed by atoms with Gasteiger partial charge in [0.15, 0.2) is 0 Å². The van der Waals surface area contributed by atoms with E-state index in [1.54, 1.807) is 0 Å². The van der Waals surface area contributed by atoms with Crippen molar-refractivity contribution in [3.8, 4) is 6.07 Å². The molecule has 140 valence electrons. The fourth-order valence-electron chi connectivity index (χ4n) is 4.41. The summed E-state index contributed by atoms with van der Waals surface area (Å²) in [5, 5.41) is 9.68. The maximum Gasteiger partial charge on any atom is 0.0998 e. The fraction of sp³-hybridized carbons (Fsp3) is 0.400. The summed E-state index contributed by atoms with van der Waals surface area (Å²) in [5.41, 5.74) is 7.01. The maximum absolute atomic E-state index is 9.68. The van der Waals surface area contributed by atoms with Crippen LogP contribution in [0.5, 0.6) is 0 Å². The molecule has 1 heterocycles. The van der Waals surface area contributed by atoms with Gasteiger partial charge in [-0.15, -0.1) is 0 Å². The first-order valence-electron chi connectivity index (χ1n) is 9.96. The van der Waals surface area contributed by atoms with E-state index < -0.39 is 0 Å². The Labute approximate surface area is 164 Å². The molecule has 0 saturated heterocycles. The number of hydrogen-bond donors (Lipinski definition) is 0. The second kappa shape index (κ2) is 7.61. The monoisotopic (exact) mass is 358 g/mol. The molecule has 0 aromatic heterocycles. The number of fused-ring (bicyclic) bond motifs is 1. The number of aryl methyl sites for hydroxylation is 1. The van der Waals surface area contributed by atoms with Crippen LogP contribution in [0.15, 0.2) is 42.5 Å². The zero-order valence-electron chi connectivity index (χ0n) is 17.2. The minimum absolute atomic E-state index is 0.175. The molecular weight excluding hydrogens is 328 g/mol. The molecule has 1 aliphatic heterocycles. The number of benzene rings is 2. The van der Waals surface area contributed by atoms with Crippen LogP contribution in [0.2, 0.25) is 0 Å². The normalized spacial score (nSPS) is 18.7. The largest absolute Gasteiger partial charge is 0.366 e. The summed E-state index contributed by atoms with van der Waals surface area (Å²) >= 11 is 0. The quantitative estimate of drug-likeness (QED) is 0.457. The molecule has 0 saturated carbocycles. The van der Waals surface area contributed by atoms with E-state index >= 15 is 0 Å². The lowest BCUT2D eigenvalue weighted by atomic mass is 9.78. The van der Waals surface area contributed by atoms with Crippen LogP contribution in [0, 0.1) is 18.3 Å². The topological polar surface area (TPSA) is 27.0 Å². The minimum atomic E-state index is 0.175. The molecule has 3 rings (SSSR count). The average molecular weight is 359 g/mol. The van der Waals surface area contributed by atoms with E-state index in [4.69, 9.17) is 0 Å². The van der Waals surface area contributed by atoms with E-state index in [1.165, 1.54) is 16.8 Å². The summed E-state index contributed by atoms with van der Waals surface area (Å²) in [7, 11) is 0. The van der Waals surface area contributed by atoms with Crippen molar-refractivity contribution in [1.82, 2.24) is 0 Å². The number of anilines is 1. The van der Waals surface area contributed by atoms with E-state index in [-0.39, 0.29) is 5.54 Å². The third-order valence-corrected chi connectivity index (χ3v) is 5.73. The first-order chi connectivity index (χ1) is 12.9. The summed E-state index contributed by atoms with van der Waals surface area (Å²) in [6.45, 7) is 12.5. The van der Waals surface area contributed by atoms with Crippen molar-refractivity contribution in [2.75, 3.05) is 11.4 Å². The van der Waals surface area contributed by atoms with Crippen LogP contribution in [0.25, 0.3) is 11.6 Å². The number of nitrogens with zero attached hydrogens (tertiary/aromatic N) is 2. The van der Waals surface area contributed by atoms with Crippen LogP contribution in [-0.4, -0.2) is 12.1 Å². The molecule has 1 unspecified atom stereocenters. The molecule has 0 radical (unpaired) electrons. The van der Waals surface area contributed by atoms with Gasteiger partial charge >= 0.3 is 0 Å². The summed E-state index contributed by atoms with van der Waals surface area (Å²) in [6, 6.07) is 17.0. The van der Waals surface area contributed by atoms with Gasteiger partial charge < -0.3 is 4.90 Å². The van der Waals surface area contributed by atoms with Crippen LogP contribution >= 0.6 is 0 Å². The SMILES string of the molecule is CCCN1c2cc(C)c(/C=C(/C#N)c3ccccc3)cc2C(C)CC1(C)C. The predicted molar refractivity (Wildman–Crippen MR) is 116 cm³/mol. The number of allylic oxidation sites excluding steroid dienone is 1. The predicted octanol–water partition coefficient (Wildman–Crippen LogP) is 6.56. The fourth-order valence-corrected chi connectivity index (χ4v) is 4.41. The Kier molecular flexibility index (Phi) is 5.42. The highest BCUT2D eigenvalue weighted by atomic mass is 15.2. The van der Waals surface area contributed by atoms with Crippen LogP contribution in [0.1, 0.15) is 68.7 Å². The van der Waals surface area contributed by atoms with Crippen LogP contribution in [0.4, 0.5) is 5.69 Å². The molecule has 1 aliphatic rings. The molecule has 0 spiro atoms. The lowest BCUT2D eigenvalue weighted by Crippen LogP contribution is -2.48. The highest BCUT2D eigenvalue weighted by molar-refractivity contribution is 5.90. The summed E-state index contributed by atoms with van der Waals surface area (Å²) < 4.78 is 0. The molecular formula is C25H30N2. The van der Waals surface area contributed by atoms with Crippen molar-refractivity contribution in [3.63, 3.8) is 0 Å². The molecule has 2 nitrogen and oxygen atoms in total. The Morgan fingerprint density at radius 3 is 2.59 bits per heavy atom. The molecule has 0 N–H and O–H groups in total. The average Bonchev–Trinajstić information content (AvgIpc) is 2.64. The van der Waals surface area contributed by atoms with Crippen LogP contribution < -0.4 is 4.90 Å². The number of hydrogen-bond acceptors (Lipinski definition) is 2. The van der Waals surface area contributed by atoms with Gasteiger partial charge in [0.25, 0.3) is 0 Å². The Morgan fingerprint density at radius 1 is 1.26 bits per heavy atom. The summed E-state index contributed by atoms with van der Waals surface area (Å²) in [5.74, 6) is 0.512. The van der Waals surface area contributed by atoms with Crippen molar-refractivity contribution in [3.05, 3.63) is 64.7 Å². The first-order valence-corrected chi connectivity index (χ1v) is 9.96. The maximum atomic E-state index is 9.68. The second-order valence-electron chi connectivity index (χ2n) is 8.37. The van der Waals surface area contributed by atoms with E-state index in [2.05, 4.69) is 57.7 Å². The van der Waals surface area contributed by atoms with Gasteiger partial charge in [0.2, 0.25) is 0 Å². The van der Waals surface area contributed by atoms with Gasteiger partial charge in [-0.05, 0) is 80.0 Å². The van der Waals surface area contributed by atoms with Gasteiger partial charge in [0.05, 0.1) is 11.6 Å². The molecule has 27 heavy (non-hydrogen) atoms. The van der Waals surface area contributed by atoms with Crippen molar-refractivity contribution in [1.29, 1.82) is 5.26 Å². The third kappa shape index (κ3) is 3.78. The Balaban J connectivity index is 2.10. The lowest BCUT2D eigenvalue weighted by molar-refractivity contribution is 0.376. The van der Waals surface area contributed by atoms with Crippen LogP contribution in [-0.2, 0) is 0 Å². The van der Waals surface area contributed by atoms with Gasteiger partial charge in [0.1, 0.15) is 0 Å². The van der Waals surface area contributed by atoms with E-state index in [1.807, 2.05) is 36.4 Å². The minimum Gasteiger partial charge on any atom is -0.366 e. The summed E-state index contributed by atoms with van der Waals surface area (Å²) in [4.78, 5) is 2.57. The molecule has 0 fully saturated rings. The molecule has 0 aliphatic carbocycles. The Hall–Kier alpha value is -2.53. The van der Waals surface area contributed by atoms with E-state index in [0.29, 0.717) is 11.5 Å². The smallest absolute Gasteiger partial charge is 0.0998 e. The standard InChI is InChI=1S/C25H30N2/c1-6-12-27-24-13-18(2)21(15-23(24)19(3)16-25(27,4)5)14-22(17-26)20-10-8-7-9-11-20/h7-11,13-15,19H,6,12,16H2,1-5H3/b22-14-. The highest BCUT2D eigenvalue weighted by Crippen LogP contribution is 2.44. The van der Waals surface area contributed by atoms with Crippen molar-refractivity contribution >= 4 is 17.3 Å². The zero-order chi connectivity index (χ0) is 19.6. The first kappa shape index (κ1) is 19.2.